The molecule has 1 aromatic rings. The van der Waals surface area contributed by atoms with Crippen molar-refractivity contribution >= 4 is 23.3 Å². The molecule has 0 unspecified atom stereocenters. The van der Waals surface area contributed by atoms with Crippen LogP contribution in [-0.4, -0.2) is 9.97 Å². The normalized spacial score (nSPS) is 10.8. The van der Waals surface area contributed by atoms with Crippen molar-refractivity contribution in [2.24, 2.45) is 5.73 Å². The molecule has 0 saturated carbocycles. The highest BCUT2D eigenvalue weighted by molar-refractivity contribution is 7.80. The van der Waals surface area contributed by atoms with Gasteiger partial charge in [-0.1, -0.05) is 12.2 Å². The van der Waals surface area contributed by atoms with Gasteiger partial charge in [-0.15, -0.1) is 0 Å². The molecular weight excluding hydrogens is 170 g/mol. The van der Waals surface area contributed by atoms with Crippen molar-refractivity contribution in [1.29, 1.82) is 5.26 Å². The van der Waals surface area contributed by atoms with Crippen molar-refractivity contribution in [2.75, 3.05) is 0 Å². The highest BCUT2D eigenvalue weighted by Gasteiger charge is 1.98. The molecule has 3 N–H and O–H groups in total. The molecule has 0 amide bonds. The fraction of sp³-hybridized carbons (Fsp3) is 0. The van der Waals surface area contributed by atoms with Gasteiger partial charge < -0.3 is 10.7 Å². The molecule has 0 aromatic carbocycles. The summed E-state index contributed by atoms with van der Waals surface area (Å²) in [5.74, 6) is 0. The molecule has 4 heteroatoms. The van der Waals surface area contributed by atoms with E-state index >= 15 is 0 Å². The molecule has 3 nitrogen and oxygen atoms in total. The van der Waals surface area contributed by atoms with Crippen molar-refractivity contribution in [3.63, 3.8) is 0 Å². The highest BCUT2D eigenvalue weighted by atomic mass is 32.1. The summed E-state index contributed by atoms with van der Waals surface area (Å²) in [5, 5.41) is 8.60. The summed E-state index contributed by atoms with van der Waals surface area (Å²) >= 11 is 4.67. The summed E-state index contributed by atoms with van der Waals surface area (Å²) in [5.41, 5.74) is 6.51. The molecule has 1 aromatic heterocycles. The van der Waals surface area contributed by atoms with Gasteiger partial charge in [0.05, 0.1) is 5.57 Å². The third-order valence-corrected chi connectivity index (χ3v) is 1.54. The maximum Gasteiger partial charge on any atom is 0.114 e. The number of H-pyrrole nitrogens is 1. The second-order valence-corrected chi connectivity index (χ2v) is 2.62. The number of rotatable bonds is 2. The molecule has 0 aliphatic rings. The molecular formula is C8H7N3S. The van der Waals surface area contributed by atoms with Gasteiger partial charge in [0, 0.05) is 12.4 Å². The molecule has 0 radical (unpaired) electrons. The van der Waals surface area contributed by atoms with Crippen molar-refractivity contribution in [3.8, 4) is 6.07 Å². The SMILES string of the molecule is N#C/C(=C/c1cc[nH]c1)C(N)=S. The van der Waals surface area contributed by atoms with E-state index in [4.69, 9.17) is 11.0 Å². The summed E-state index contributed by atoms with van der Waals surface area (Å²) in [4.78, 5) is 2.98. The number of nitriles is 1. The van der Waals surface area contributed by atoms with E-state index in [-0.39, 0.29) is 4.99 Å². The molecule has 0 fully saturated rings. The van der Waals surface area contributed by atoms with E-state index < -0.39 is 0 Å². The first kappa shape index (κ1) is 8.50. The minimum Gasteiger partial charge on any atom is -0.389 e. The lowest BCUT2D eigenvalue weighted by Crippen LogP contribution is -2.09. The fourth-order valence-corrected chi connectivity index (χ4v) is 0.856. The molecule has 0 saturated heterocycles. The van der Waals surface area contributed by atoms with Crippen molar-refractivity contribution in [1.82, 2.24) is 4.98 Å². The summed E-state index contributed by atoms with van der Waals surface area (Å²) in [6, 6.07) is 3.75. The van der Waals surface area contributed by atoms with Crippen LogP contribution in [0.1, 0.15) is 5.56 Å². The molecule has 0 bridgehead atoms. The van der Waals surface area contributed by atoms with Crippen molar-refractivity contribution in [2.45, 2.75) is 0 Å². The van der Waals surface area contributed by atoms with Crippen LogP contribution in [-0.2, 0) is 0 Å². The molecule has 1 rings (SSSR count). The van der Waals surface area contributed by atoms with Crippen molar-refractivity contribution < 1.29 is 0 Å². The first-order valence-electron chi connectivity index (χ1n) is 3.28. The molecule has 0 atom stereocenters. The number of nitrogens with two attached hydrogens (primary N) is 1. The van der Waals surface area contributed by atoms with Gasteiger partial charge in [-0.3, -0.25) is 0 Å². The maximum atomic E-state index is 8.60. The Morgan fingerprint density at radius 2 is 2.50 bits per heavy atom. The predicted octanol–water partition coefficient (Wildman–Crippen LogP) is 1.21. The second kappa shape index (κ2) is 3.69. The van der Waals surface area contributed by atoms with Gasteiger partial charge in [0.2, 0.25) is 0 Å². The van der Waals surface area contributed by atoms with Gasteiger partial charge in [0.15, 0.2) is 0 Å². The standard InChI is InChI=1S/C8H7N3S/c9-4-7(8(10)12)3-6-1-2-11-5-6/h1-3,5,11H,(H2,10,12)/b7-3-. The van der Waals surface area contributed by atoms with Crippen LogP contribution < -0.4 is 5.73 Å². The molecule has 0 aliphatic heterocycles. The Balaban J connectivity index is 2.95. The van der Waals surface area contributed by atoms with Crippen LogP contribution in [0.25, 0.3) is 6.08 Å². The highest BCUT2D eigenvalue weighted by Crippen LogP contribution is 2.04. The Morgan fingerprint density at radius 3 is 2.92 bits per heavy atom. The molecule has 0 spiro atoms. The molecule has 0 aliphatic carbocycles. The number of hydrogen-bond acceptors (Lipinski definition) is 2. The largest absolute Gasteiger partial charge is 0.389 e. The number of nitrogens with one attached hydrogen (secondary N) is 1. The summed E-state index contributed by atoms with van der Waals surface area (Å²) < 4.78 is 0. The minimum absolute atomic E-state index is 0.124. The van der Waals surface area contributed by atoms with Crippen LogP contribution in [0.2, 0.25) is 0 Å². The lowest BCUT2D eigenvalue weighted by Gasteiger charge is -1.91. The Hall–Kier alpha value is -1.60. The Kier molecular flexibility index (Phi) is 2.62. The van der Waals surface area contributed by atoms with Gasteiger partial charge in [0.25, 0.3) is 0 Å². The first-order chi connectivity index (χ1) is 5.74. The van der Waals surface area contributed by atoms with Crippen LogP contribution in [0.4, 0.5) is 0 Å². The number of thiocarbonyl (C=S) groups is 1. The van der Waals surface area contributed by atoms with Crippen LogP contribution in [0.5, 0.6) is 0 Å². The zero-order valence-corrected chi connectivity index (χ0v) is 7.06. The summed E-state index contributed by atoms with van der Waals surface area (Å²) in [6.45, 7) is 0. The van der Waals surface area contributed by atoms with Gasteiger partial charge in [-0.05, 0) is 17.7 Å². The third kappa shape index (κ3) is 1.94. The zero-order valence-electron chi connectivity index (χ0n) is 6.24. The van der Waals surface area contributed by atoms with Crippen LogP contribution in [0, 0.1) is 11.3 Å². The average molecular weight is 177 g/mol. The number of nitrogens with zero attached hydrogens (tertiary/aromatic N) is 1. The molecule has 12 heavy (non-hydrogen) atoms. The lowest BCUT2D eigenvalue weighted by molar-refractivity contribution is 1.41. The van der Waals surface area contributed by atoms with E-state index in [0.29, 0.717) is 5.57 Å². The van der Waals surface area contributed by atoms with Gasteiger partial charge in [0.1, 0.15) is 11.1 Å². The first-order valence-corrected chi connectivity index (χ1v) is 3.69. The number of aromatic nitrogens is 1. The monoisotopic (exact) mass is 177 g/mol. The second-order valence-electron chi connectivity index (χ2n) is 2.18. The zero-order chi connectivity index (χ0) is 8.97. The van der Waals surface area contributed by atoms with E-state index in [0.717, 1.165) is 5.56 Å². The predicted molar refractivity (Wildman–Crippen MR) is 51.2 cm³/mol. The number of hydrogen-bond donors (Lipinski definition) is 2. The Bertz CT molecular complexity index is 343. The van der Waals surface area contributed by atoms with E-state index in [1.807, 2.05) is 12.1 Å². The summed E-state index contributed by atoms with van der Waals surface area (Å²) in [6.07, 6.45) is 5.16. The Labute approximate surface area is 75.5 Å². The van der Waals surface area contributed by atoms with E-state index in [1.54, 1.807) is 18.5 Å². The van der Waals surface area contributed by atoms with Gasteiger partial charge in [-0.2, -0.15) is 5.26 Å². The molecule has 1 heterocycles. The van der Waals surface area contributed by atoms with E-state index in [9.17, 15) is 0 Å². The number of aromatic amines is 1. The van der Waals surface area contributed by atoms with Crippen LogP contribution >= 0.6 is 12.2 Å². The summed E-state index contributed by atoms with van der Waals surface area (Å²) in [7, 11) is 0. The maximum absolute atomic E-state index is 8.60. The average Bonchev–Trinajstić information content (AvgIpc) is 2.51. The Morgan fingerprint density at radius 1 is 1.75 bits per heavy atom. The van der Waals surface area contributed by atoms with Crippen LogP contribution in [0.15, 0.2) is 24.0 Å². The minimum atomic E-state index is 0.124. The molecule has 60 valence electrons. The van der Waals surface area contributed by atoms with E-state index in [2.05, 4.69) is 17.2 Å². The fourth-order valence-electron chi connectivity index (χ4n) is 0.752. The van der Waals surface area contributed by atoms with Gasteiger partial charge >= 0.3 is 0 Å². The topological polar surface area (TPSA) is 65.6 Å². The smallest absolute Gasteiger partial charge is 0.114 e. The van der Waals surface area contributed by atoms with Crippen LogP contribution in [0.3, 0.4) is 0 Å². The lowest BCUT2D eigenvalue weighted by atomic mass is 10.2. The van der Waals surface area contributed by atoms with Gasteiger partial charge in [-0.25, -0.2) is 0 Å². The third-order valence-electron chi connectivity index (χ3n) is 1.32. The quantitative estimate of drug-likeness (QED) is 0.405. The van der Waals surface area contributed by atoms with E-state index in [1.165, 1.54) is 0 Å². The van der Waals surface area contributed by atoms with Crippen molar-refractivity contribution in [3.05, 3.63) is 29.6 Å².